The average Bonchev–Trinajstić information content (AvgIpc) is 3.15. The van der Waals surface area contributed by atoms with Crippen LogP contribution < -0.4 is 5.32 Å². The molecule has 1 N–H and O–H groups in total. The molecule has 3 rings (SSSR count). The summed E-state index contributed by atoms with van der Waals surface area (Å²) in [7, 11) is 1.53. The Morgan fingerprint density at radius 2 is 2.00 bits per heavy atom. The number of aryl methyl sites for hydroxylation is 1. The monoisotopic (exact) mass is 408 g/mol. The number of benzene rings is 1. The van der Waals surface area contributed by atoms with Gasteiger partial charge >= 0.3 is 5.69 Å². The second-order valence-electron chi connectivity index (χ2n) is 5.76. The highest BCUT2D eigenvalue weighted by Gasteiger charge is 2.29. The van der Waals surface area contributed by atoms with Crippen LogP contribution in [0.15, 0.2) is 30.5 Å². The highest BCUT2D eigenvalue weighted by atomic mass is 35.5. The van der Waals surface area contributed by atoms with Crippen molar-refractivity contribution in [3.05, 3.63) is 67.6 Å². The highest BCUT2D eigenvalue weighted by Crippen LogP contribution is 2.24. The van der Waals surface area contributed by atoms with Gasteiger partial charge in [0.25, 0.3) is 5.91 Å². The van der Waals surface area contributed by atoms with Crippen molar-refractivity contribution in [2.75, 3.05) is 5.32 Å². The van der Waals surface area contributed by atoms with Crippen molar-refractivity contribution in [1.82, 2.24) is 19.6 Å². The van der Waals surface area contributed by atoms with Gasteiger partial charge in [-0.2, -0.15) is 10.2 Å². The van der Waals surface area contributed by atoms with Crippen molar-refractivity contribution >= 4 is 40.6 Å². The minimum atomic E-state index is -0.704. The molecule has 27 heavy (non-hydrogen) atoms. The number of nitro groups is 1. The Kier molecular flexibility index (Phi) is 5.15. The third-order valence-electron chi connectivity index (χ3n) is 3.91. The summed E-state index contributed by atoms with van der Waals surface area (Å²) in [4.78, 5) is 23.0. The van der Waals surface area contributed by atoms with Crippen LogP contribution >= 0.6 is 23.2 Å². The van der Waals surface area contributed by atoms with Crippen LogP contribution in [0.5, 0.6) is 0 Å². The molecule has 0 unspecified atom stereocenters. The third-order valence-corrected chi connectivity index (χ3v) is 4.65. The summed E-state index contributed by atoms with van der Waals surface area (Å²) >= 11 is 11.9. The highest BCUT2D eigenvalue weighted by molar-refractivity contribution is 6.42. The van der Waals surface area contributed by atoms with Gasteiger partial charge in [-0.15, -0.1) is 0 Å². The van der Waals surface area contributed by atoms with Gasteiger partial charge in [-0.25, -0.2) is 0 Å². The molecule has 1 aromatic carbocycles. The maximum Gasteiger partial charge on any atom is 0.322 e. The van der Waals surface area contributed by atoms with Crippen molar-refractivity contribution < 1.29 is 9.72 Å². The normalized spacial score (nSPS) is 10.8. The van der Waals surface area contributed by atoms with Crippen molar-refractivity contribution in [3.63, 3.8) is 0 Å². The number of anilines is 1. The molecular formula is C16H14Cl2N6O3. The number of rotatable bonds is 5. The summed E-state index contributed by atoms with van der Waals surface area (Å²) in [5.41, 5.74) is 0.570. The summed E-state index contributed by atoms with van der Waals surface area (Å²) < 4.78 is 2.88. The Hall–Kier alpha value is -2.91. The van der Waals surface area contributed by atoms with Crippen LogP contribution in [-0.4, -0.2) is 30.4 Å². The predicted octanol–water partition coefficient (Wildman–Crippen LogP) is 3.44. The lowest BCUT2D eigenvalue weighted by Crippen LogP contribution is -2.15. The standard InChI is InChI=1S/C16H14Cl2N6O3/c1-9-15(24(26)27)14(21-22(9)2)16(25)19-13-5-6-23(20-13)8-10-3-4-11(17)12(18)7-10/h3-7H,8H2,1-2H3,(H,19,20,25). The van der Waals surface area contributed by atoms with Crippen molar-refractivity contribution in [1.29, 1.82) is 0 Å². The molecule has 0 aliphatic heterocycles. The Labute approximate surface area is 163 Å². The zero-order chi connectivity index (χ0) is 19.7. The minimum Gasteiger partial charge on any atom is -0.303 e. The molecular weight excluding hydrogens is 395 g/mol. The molecule has 1 amide bonds. The first-order chi connectivity index (χ1) is 12.8. The fourth-order valence-electron chi connectivity index (χ4n) is 2.49. The lowest BCUT2D eigenvalue weighted by molar-refractivity contribution is -0.385. The maximum atomic E-state index is 12.4. The quantitative estimate of drug-likeness (QED) is 0.513. The number of hydrogen-bond acceptors (Lipinski definition) is 5. The zero-order valence-corrected chi connectivity index (χ0v) is 15.8. The molecule has 140 valence electrons. The van der Waals surface area contributed by atoms with Gasteiger partial charge in [-0.05, 0) is 24.6 Å². The van der Waals surface area contributed by atoms with E-state index in [0.29, 0.717) is 16.6 Å². The van der Waals surface area contributed by atoms with E-state index in [1.807, 2.05) is 6.07 Å². The van der Waals surface area contributed by atoms with Crippen LogP contribution in [0.25, 0.3) is 0 Å². The van der Waals surface area contributed by atoms with Crippen LogP contribution in [-0.2, 0) is 13.6 Å². The minimum absolute atomic E-state index is 0.248. The molecule has 0 spiro atoms. The first-order valence-corrected chi connectivity index (χ1v) is 8.48. The van der Waals surface area contributed by atoms with Crippen LogP contribution in [0.2, 0.25) is 10.0 Å². The topological polar surface area (TPSA) is 108 Å². The van der Waals surface area contributed by atoms with Gasteiger partial charge in [0, 0.05) is 19.3 Å². The van der Waals surface area contributed by atoms with E-state index < -0.39 is 10.8 Å². The molecule has 11 heteroatoms. The number of amides is 1. The lowest BCUT2D eigenvalue weighted by atomic mass is 10.2. The Morgan fingerprint density at radius 1 is 1.26 bits per heavy atom. The van der Waals surface area contributed by atoms with Crippen LogP contribution in [0.3, 0.4) is 0 Å². The van der Waals surface area contributed by atoms with Crippen molar-refractivity contribution in [3.8, 4) is 0 Å². The van der Waals surface area contributed by atoms with E-state index in [-0.39, 0.29) is 22.9 Å². The largest absolute Gasteiger partial charge is 0.322 e. The summed E-state index contributed by atoms with van der Waals surface area (Å²) in [5, 5.41) is 22.8. The number of nitrogens with one attached hydrogen (secondary N) is 1. The third kappa shape index (κ3) is 3.93. The average molecular weight is 409 g/mol. The summed E-state index contributed by atoms with van der Waals surface area (Å²) in [5.74, 6) is -0.456. The Bertz CT molecular complexity index is 1040. The molecule has 2 aromatic heterocycles. The van der Waals surface area contributed by atoms with Gasteiger partial charge in [0.1, 0.15) is 5.69 Å². The second-order valence-corrected chi connectivity index (χ2v) is 6.58. The molecule has 2 heterocycles. The van der Waals surface area contributed by atoms with Gasteiger partial charge in [-0.3, -0.25) is 24.3 Å². The molecule has 0 saturated heterocycles. The van der Waals surface area contributed by atoms with Crippen LogP contribution in [0.1, 0.15) is 21.7 Å². The summed E-state index contributed by atoms with van der Waals surface area (Å²) in [6, 6.07) is 6.81. The molecule has 0 atom stereocenters. The van der Waals surface area contributed by atoms with E-state index in [1.165, 1.54) is 18.7 Å². The van der Waals surface area contributed by atoms with Crippen molar-refractivity contribution in [2.45, 2.75) is 13.5 Å². The molecule has 0 radical (unpaired) electrons. The SMILES string of the molecule is Cc1c([N+](=O)[O-])c(C(=O)Nc2ccn(Cc3ccc(Cl)c(Cl)c3)n2)nn1C. The number of halogens is 2. The van der Waals surface area contributed by atoms with Crippen LogP contribution in [0, 0.1) is 17.0 Å². The smallest absolute Gasteiger partial charge is 0.303 e. The van der Waals surface area contributed by atoms with E-state index in [1.54, 1.807) is 29.1 Å². The first-order valence-electron chi connectivity index (χ1n) is 7.73. The summed E-state index contributed by atoms with van der Waals surface area (Å²) in [6.45, 7) is 1.93. The van der Waals surface area contributed by atoms with Gasteiger partial charge in [-0.1, -0.05) is 29.3 Å². The molecule has 0 aliphatic carbocycles. The van der Waals surface area contributed by atoms with E-state index in [0.717, 1.165) is 5.56 Å². The van der Waals surface area contributed by atoms with Gasteiger partial charge in [0.05, 0.1) is 21.5 Å². The van der Waals surface area contributed by atoms with E-state index in [4.69, 9.17) is 23.2 Å². The number of carbonyl (C=O) groups excluding carboxylic acids is 1. The van der Waals surface area contributed by atoms with Crippen LogP contribution in [0.4, 0.5) is 11.5 Å². The molecule has 0 bridgehead atoms. The van der Waals surface area contributed by atoms with E-state index in [2.05, 4.69) is 15.5 Å². The number of hydrogen-bond donors (Lipinski definition) is 1. The number of carbonyl (C=O) groups is 1. The number of nitrogens with zero attached hydrogens (tertiary/aromatic N) is 5. The van der Waals surface area contributed by atoms with E-state index in [9.17, 15) is 14.9 Å². The molecule has 0 fully saturated rings. The molecule has 0 saturated carbocycles. The fourth-order valence-corrected chi connectivity index (χ4v) is 2.81. The summed E-state index contributed by atoms with van der Waals surface area (Å²) in [6.07, 6.45) is 1.66. The van der Waals surface area contributed by atoms with Gasteiger partial charge in [0.2, 0.25) is 5.69 Å². The molecule has 3 aromatic rings. The molecule has 9 nitrogen and oxygen atoms in total. The van der Waals surface area contributed by atoms with Gasteiger partial charge < -0.3 is 5.32 Å². The second kappa shape index (κ2) is 7.37. The fraction of sp³-hybridized carbons (Fsp3) is 0.188. The zero-order valence-electron chi connectivity index (χ0n) is 14.3. The van der Waals surface area contributed by atoms with Gasteiger partial charge in [0.15, 0.2) is 5.82 Å². The Morgan fingerprint density at radius 3 is 2.67 bits per heavy atom. The van der Waals surface area contributed by atoms with E-state index >= 15 is 0 Å². The van der Waals surface area contributed by atoms with Crippen molar-refractivity contribution in [2.24, 2.45) is 7.05 Å². The first kappa shape index (κ1) is 18.9. The molecule has 0 aliphatic rings. The Balaban J connectivity index is 1.76. The number of aromatic nitrogens is 4. The lowest BCUT2D eigenvalue weighted by Gasteiger charge is -2.04. The maximum absolute atomic E-state index is 12.4. The predicted molar refractivity (Wildman–Crippen MR) is 100 cm³/mol.